The van der Waals surface area contributed by atoms with Crippen molar-refractivity contribution in [1.29, 1.82) is 0 Å². The van der Waals surface area contributed by atoms with Crippen molar-refractivity contribution in [2.24, 2.45) is 16.2 Å². The van der Waals surface area contributed by atoms with Gasteiger partial charge in [0.15, 0.2) is 0 Å². The van der Waals surface area contributed by atoms with Gasteiger partial charge in [-0.05, 0) is 18.1 Å². The van der Waals surface area contributed by atoms with Gasteiger partial charge in [-0.2, -0.15) is 5.10 Å². The maximum atomic E-state index is 11.1. The summed E-state index contributed by atoms with van der Waals surface area (Å²) in [5.41, 5.74) is 2.18. The molecule has 0 amide bonds. The lowest BCUT2D eigenvalue weighted by Crippen LogP contribution is -2.12. The molecule has 1 aromatic carbocycles. The molecule has 19 heavy (non-hydrogen) atoms. The van der Waals surface area contributed by atoms with Crippen molar-refractivity contribution in [3.8, 4) is 0 Å². The van der Waals surface area contributed by atoms with Gasteiger partial charge < -0.3 is 0 Å². The predicted molar refractivity (Wildman–Crippen MR) is 71.4 cm³/mol. The van der Waals surface area contributed by atoms with Crippen molar-refractivity contribution in [2.75, 3.05) is 5.43 Å². The largest absolute Gasteiger partial charge is 0.295 e. The Bertz CT molecular complexity index is 610. The summed E-state index contributed by atoms with van der Waals surface area (Å²) in [6.45, 7) is 3.79. The van der Waals surface area contributed by atoms with Crippen molar-refractivity contribution in [1.82, 2.24) is 0 Å². The minimum atomic E-state index is -3.98. The van der Waals surface area contributed by atoms with Gasteiger partial charge in [0, 0.05) is 12.3 Å². The van der Waals surface area contributed by atoms with Crippen LogP contribution in [0.5, 0.6) is 0 Å². The average molecular weight is 286 g/mol. The molecule has 0 saturated carbocycles. The standard InChI is InChI=1S/C10H14N4O4S/c1-7(2)6-12-13-9-4-3-8(19(11,17)18)5-10(9)14(15)16/h3-7,13H,1-2H3,(H2,11,17,18). The van der Waals surface area contributed by atoms with E-state index < -0.39 is 20.6 Å². The molecule has 0 saturated heterocycles. The number of hydrogen-bond donors (Lipinski definition) is 2. The number of anilines is 1. The second-order valence-corrected chi connectivity index (χ2v) is 5.68. The first kappa shape index (κ1) is 15.1. The molecule has 3 N–H and O–H groups in total. The Morgan fingerprint density at radius 1 is 1.47 bits per heavy atom. The number of nitro groups is 1. The van der Waals surface area contributed by atoms with Gasteiger partial charge in [-0.25, -0.2) is 13.6 Å². The first-order chi connectivity index (χ1) is 8.71. The van der Waals surface area contributed by atoms with Gasteiger partial charge in [-0.15, -0.1) is 0 Å². The first-order valence-electron chi connectivity index (χ1n) is 5.32. The van der Waals surface area contributed by atoms with Gasteiger partial charge in [-0.3, -0.25) is 15.5 Å². The molecule has 104 valence electrons. The highest BCUT2D eigenvalue weighted by atomic mass is 32.2. The lowest BCUT2D eigenvalue weighted by Gasteiger charge is -2.04. The molecule has 0 aromatic heterocycles. The van der Waals surface area contributed by atoms with Crippen LogP contribution in [-0.4, -0.2) is 19.6 Å². The summed E-state index contributed by atoms with van der Waals surface area (Å²) in [5.74, 6) is 0.176. The van der Waals surface area contributed by atoms with Crippen molar-refractivity contribution < 1.29 is 13.3 Å². The second kappa shape index (κ2) is 5.76. The number of hydrogen-bond acceptors (Lipinski definition) is 6. The fraction of sp³-hybridized carbons (Fsp3) is 0.300. The molecule has 9 heteroatoms. The normalized spacial score (nSPS) is 12.0. The molecule has 0 heterocycles. The number of rotatable bonds is 5. The summed E-state index contributed by atoms with van der Waals surface area (Å²) in [7, 11) is -3.98. The van der Waals surface area contributed by atoms with E-state index in [1.54, 1.807) is 6.21 Å². The Morgan fingerprint density at radius 3 is 2.58 bits per heavy atom. The third-order valence-electron chi connectivity index (χ3n) is 2.05. The minimum absolute atomic E-state index is 0.0919. The zero-order chi connectivity index (χ0) is 14.6. The van der Waals surface area contributed by atoms with E-state index >= 15 is 0 Å². The third-order valence-corrected chi connectivity index (χ3v) is 2.96. The molecule has 8 nitrogen and oxygen atoms in total. The Morgan fingerprint density at radius 2 is 2.11 bits per heavy atom. The molecule has 0 fully saturated rings. The van der Waals surface area contributed by atoms with Gasteiger partial charge in [0.2, 0.25) is 10.0 Å². The number of benzene rings is 1. The quantitative estimate of drug-likeness (QED) is 0.479. The van der Waals surface area contributed by atoms with Gasteiger partial charge in [0.1, 0.15) is 5.69 Å². The van der Waals surface area contributed by atoms with Crippen LogP contribution >= 0.6 is 0 Å². The maximum absolute atomic E-state index is 11.1. The molecule has 0 atom stereocenters. The fourth-order valence-corrected chi connectivity index (χ4v) is 1.72. The Balaban J connectivity index is 3.16. The lowest BCUT2D eigenvalue weighted by atomic mass is 10.2. The number of sulfonamides is 1. The van der Waals surface area contributed by atoms with Gasteiger partial charge in [0.05, 0.1) is 9.82 Å². The molecule has 0 unspecified atom stereocenters. The van der Waals surface area contributed by atoms with Crippen molar-refractivity contribution in [3.63, 3.8) is 0 Å². The molecular formula is C10H14N4O4S. The van der Waals surface area contributed by atoms with E-state index in [2.05, 4.69) is 10.5 Å². The molecule has 0 radical (unpaired) electrons. The SMILES string of the molecule is CC(C)C=NNc1ccc(S(N)(=O)=O)cc1[N+](=O)[O-]. The number of nitrogens with one attached hydrogen (secondary N) is 1. The van der Waals surface area contributed by atoms with E-state index in [1.165, 1.54) is 12.1 Å². The zero-order valence-corrected chi connectivity index (χ0v) is 11.2. The summed E-state index contributed by atoms with van der Waals surface area (Å²) < 4.78 is 22.3. The summed E-state index contributed by atoms with van der Waals surface area (Å²) in [5, 5.41) is 19.6. The molecular weight excluding hydrogens is 272 g/mol. The highest BCUT2D eigenvalue weighted by molar-refractivity contribution is 7.89. The average Bonchev–Trinajstić information content (AvgIpc) is 2.27. The van der Waals surface area contributed by atoms with Crippen LogP contribution in [0.25, 0.3) is 0 Å². The van der Waals surface area contributed by atoms with Crippen LogP contribution in [-0.2, 0) is 10.0 Å². The summed E-state index contributed by atoms with van der Waals surface area (Å²) >= 11 is 0. The first-order valence-corrected chi connectivity index (χ1v) is 6.87. The van der Waals surface area contributed by atoms with E-state index in [0.29, 0.717) is 0 Å². The van der Waals surface area contributed by atoms with E-state index in [4.69, 9.17) is 5.14 Å². The highest BCUT2D eigenvalue weighted by Gasteiger charge is 2.18. The Labute approximate surface area is 110 Å². The molecule has 0 bridgehead atoms. The van der Waals surface area contributed by atoms with Crippen LogP contribution in [0.1, 0.15) is 13.8 Å². The topological polar surface area (TPSA) is 128 Å². The summed E-state index contributed by atoms with van der Waals surface area (Å²) in [6, 6.07) is 3.31. The van der Waals surface area contributed by atoms with Crippen LogP contribution in [0.3, 0.4) is 0 Å². The predicted octanol–water partition coefficient (Wildman–Crippen LogP) is 1.30. The number of hydrazone groups is 1. The van der Waals surface area contributed by atoms with Gasteiger partial charge in [-0.1, -0.05) is 13.8 Å². The van der Waals surface area contributed by atoms with E-state index in [1.807, 2.05) is 13.8 Å². The monoisotopic (exact) mass is 286 g/mol. The van der Waals surface area contributed by atoms with E-state index in [9.17, 15) is 18.5 Å². The summed E-state index contributed by atoms with van der Waals surface area (Å²) in [4.78, 5) is 9.85. The number of nitrogens with two attached hydrogens (primary N) is 1. The van der Waals surface area contributed by atoms with Crippen LogP contribution in [0.2, 0.25) is 0 Å². The van der Waals surface area contributed by atoms with Crippen molar-refractivity contribution in [2.45, 2.75) is 18.7 Å². The van der Waals surface area contributed by atoms with E-state index in [0.717, 1.165) is 6.07 Å². The molecule has 0 aliphatic rings. The molecule has 1 aromatic rings. The molecule has 0 aliphatic carbocycles. The number of nitrogens with zero attached hydrogens (tertiary/aromatic N) is 2. The summed E-state index contributed by atoms with van der Waals surface area (Å²) in [6.07, 6.45) is 1.57. The van der Waals surface area contributed by atoms with Crippen LogP contribution < -0.4 is 10.6 Å². The fourth-order valence-electron chi connectivity index (χ4n) is 1.19. The minimum Gasteiger partial charge on any atom is -0.272 e. The molecule has 1 rings (SSSR count). The Hall–Kier alpha value is -2.00. The maximum Gasteiger partial charge on any atom is 0.295 e. The Kier molecular flexibility index (Phi) is 4.57. The van der Waals surface area contributed by atoms with Crippen LogP contribution in [0.15, 0.2) is 28.2 Å². The number of nitro benzene ring substituents is 1. The van der Waals surface area contributed by atoms with Crippen LogP contribution in [0.4, 0.5) is 11.4 Å². The van der Waals surface area contributed by atoms with E-state index in [-0.39, 0.29) is 16.5 Å². The third kappa shape index (κ3) is 4.30. The van der Waals surface area contributed by atoms with Crippen molar-refractivity contribution >= 4 is 27.6 Å². The zero-order valence-electron chi connectivity index (χ0n) is 10.4. The van der Waals surface area contributed by atoms with Crippen LogP contribution in [0, 0.1) is 16.0 Å². The number of primary sulfonamides is 1. The smallest absolute Gasteiger partial charge is 0.272 e. The highest BCUT2D eigenvalue weighted by Crippen LogP contribution is 2.27. The van der Waals surface area contributed by atoms with Gasteiger partial charge in [0.25, 0.3) is 5.69 Å². The molecule has 0 spiro atoms. The second-order valence-electron chi connectivity index (χ2n) is 4.12. The van der Waals surface area contributed by atoms with Crippen molar-refractivity contribution in [3.05, 3.63) is 28.3 Å². The van der Waals surface area contributed by atoms with Gasteiger partial charge >= 0.3 is 0 Å². The lowest BCUT2D eigenvalue weighted by molar-refractivity contribution is -0.384. The molecule has 0 aliphatic heterocycles.